The summed E-state index contributed by atoms with van der Waals surface area (Å²) in [4.78, 5) is 60.8. The van der Waals surface area contributed by atoms with Crippen LogP contribution in [0.4, 0.5) is 43.7 Å². The number of carbonyl (C=O) groups excluding carboxylic acids is 3. The lowest BCUT2D eigenvalue weighted by Crippen LogP contribution is -2.36. The van der Waals surface area contributed by atoms with Crippen molar-refractivity contribution < 1.29 is 54.9 Å². The normalized spacial score (nSPS) is 13.6. The molecule has 0 spiro atoms. The van der Waals surface area contributed by atoms with Crippen LogP contribution in [0.25, 0.3) is 22.1 Å². The van der Waals surface area contributed by atoms with Crippen LogP contribution in [-0.2, 0) is 39.5 Å². The average Bonchev–Trinajstić information content (AvgIpc) is 3.43. The molecule has 0 saturated carbocycles. The highest BCUT2D eigenvalue weighted by atomic mass is 19.4. The number of rotatable bonds is 11. The van der Waals surface area contributed by atoms with Crippen molar-refractivity contribution in [3.63, 3.8) is 0 Å². The predicted molar refractivity (Wildman–Crippen MR) is 271 cm³/mol. The van der Waals surface area contributed by atoms with Gasteiger partial charge in [0.1, 0.15) is 23.2 Å². The van der Waals surface area contributed by atoms with Crippen molar-refractivity contribution >= 4 is 56.7 Å². The van der Waals surface area contributed by atoms with Gasteiger partial charge in [-0.05, 0) is 108 Å². The van der Waals surface area contributed by atoms with Crippen LogP contribution in [0.5, 0.6) is 5.75 Å². The summed E-state index contributed by atoms with van der Waals surface area (Å²) in [5, 5.41) is 8.05. The Labute approximate surface area is 431 Å². The molecule has 388 valence electrons. The Morgan fingerprint density at radius 2 is 0.921 bits per heavy atom. The van der Waals surface area contributed by atoms with Crippen LogP contribution in [0.1, 0.15) is 54.1 Å². The number of anilines is 3. The van der Waals surface area contributed by atoms with Crippen molar-refractivity contribution in [3.05, 3.63) is 190 Å². The van der Waals surface area contributed by atoms with Crippen LogP contribution in [0.15, 0.2) is 146 Å². The van der Waals surface area contributed by atoms with Crippen LogP contribution >= 0.6 is 0 Å². The lowest BCUT2D eigenvalue weighted by atomic mass is 9.98. The minimum atomic E-state index is -4.41. The fraction of sp³-hybridized carbons (Fsp3) is 0.214. The van der Waals surface area contributed by atoms with Crippen LogP contribution in [-0.4, -0.2) is 89.9 Å². The maximum atomic E-state index is 13.1. The summed E-state index contributed by atoms with van der Waals surface area (Å²) < 4.78 is 89.2. The van der Waals surface area contributed by atoms with E-state index in [1.165, 1.54) is 18.4 Å². The summed E-state index contributed by atoms with van der Waals surface area (Å²) in [6.07, 6.45) is -3.75. The van der Waals surface area contributed by atoms with Gasteiger partial charge in [0.15, 0.2) is 11.6 Å². The number of hydrogen-bond donors (Lipinski definition) is 1. The number of nitriles is 1. The molecule has 2 aliphatic rings. The fourth-order valence-electron chi connectivity index (χ4n) is 8.01. The number of ether oxygens (including phenoxy) is 3. The van der Waals surface area contributed by atoms with Gasteiger partial charge in [0, 0.05) is 67.0 Å². The van der Waals surface area contributed by atoms with E-state index in [9.17, 15) is 40.7 Å². The van der Waals surface area contributed by atoms with E-state index in [0.29, 0.717) is 76.5 Å². The third-order valence-electron chi connectivity index (χ3n) is 12.1. The molecule has 14 nitrogen and oxygen atoms in total. The summed E-state index contributed by atoms with van der Waals surface area (Å²) in [6.45, 7) is 5.71. The summed E-state index contributed by atoms with van der Waals surface area (Å²) in [6, 6.07) is 32.8. The smallest absolute Gasteiger partial charge is 0.399 e. The molecule has 2 aliphatic heterocycles. The van der Waals surface area contributed by atoms with E-state index >= 15 is 0 Å². The van der Waals surface area contributed by atoms with Gasteiger partial charge in [-0.25, -0.2) is 9.97 Å². The Kier molecular flexibility index (Phi) is 16.9. The quantitative estimate of drug-likeness (QED) is 0.0558. The number of nitrogens with two attached hydrogens (primary N) is 1. The zero-order valence-corrected chi connectivity index (χ0v) is 40.4. The van der Waals surface area contributed by atoms with Crippen molar-refractivity contribution in [1.82, 2.24) is 19.9 Å². The molecule has 4 heterocycles. The molecule has 0 unspecified atom stereocenters. The molecule has 6 aromatic carbocycles. The van der Waals surface area contributed by atoms with Crippen molar-refractivity contribution in [2.75, 3.05) is 68.1 Å². The number of halogens is 6. The van der Waals surface area contributed by atoms with Gasteiger partial charge in [-0.2, -0.15) is 26.3 Å². The first-order valence-corrected chi connectivity index (χ1v) is 23.6. The molecule has 8 aromatic rings. The minimum Gasteiger partial charge on any atom is -0.399 e. The van der Waals surface area contributed by atoms with Gasteiger partial charge in [0.25, 0.3) is 6.26 Å². The number of Topliss-reactive ketones (excluding diaryl/α,β-unsaturated/α-hetero) is 1. The molecule has 0 atom stereocenters. The molecule has 2 saturated heterocycles. The summed E-state index contributed by atoms with van der Waals surface area (Å²) >= 11 is 0. The molecule has 0 amide bonds. The second kappa shape index (κ2) is 24.0. The molecular weight excluding hydrogens is 995 g/mol. The van der Waals surface area contributed by atoms with Gasteiger partial charge in [0.05, 0.1) is 72.0 Å². The molecule has 20 heteroatoms. The van der Waals surface area contributed by atoms with Gasteiger partial charge < -0.3 is 29.7 Å². The van der Waals surface area contributed by atoms with E-state index in [1.54, 1.807) is 91.3 Å². The molecule has 2 aromatic heterocycles. The first-order valence-electron chi connectivity index (χ1n) is 23.6. The van der Waals surface area contributed by atoms with Gasteiger partial charge in [-0.3, -0.25) is 24.4 Å². The lowest BCUT2D eigenvalue weighted by Gasteiger charge is -2.27. The van der Waals surface area contributed by atoms with E-state index < -0.39 is 23.5 Å². The van der Waals surface area contributed by atoms with Gasteiger partial charge >= 0.3 is 12.4 Å². The van der Waals surface area contributed by atoms with Gasteiger partial charge in [0.2, 0.25) is 0 Å². The minimum absolute atomic E-state index is 0.0311. The summed E-state index contributed by atoms with van der Waals surface area (Å²) in [7, 11) is 0. The van der Waals surface area contributed by atoms with Gasteiger partial charge in [-0.1, -0.05) is 36.4 Å². The number of benzene rings is 6. The Balaban J connectivity index is 0.000000172. The maximum absolute atomic E-state index is 13.1. The van der Waals surface area contributed by atoms with E-state index in [-0.39, 0.29) is 35.9 Å². The molecular formula is C56H46F6N8O6. The zero-order chi connectivity index (χ0) is 53.8. The van der Waals surface area contributed by atoms with Crippen molar-refractivity contribution in [2.45, 2.75) is 25.2 Å². The highest BCUT2D eigenvalue weighted by molar-refractivity contribution is 6.11. The number of nitrogen functional groups attached to an aromatic ring is 1. The second-order valence-corrected chi connectivity index (χ2v) is 17.3. The summed E-state index contributed by atoms with van der Waals surface area (Å²) in [5.41, 5.74) is 11.0. The predicted octanol–water partition coefficient (Wildman–Crippen LogP) is 9.92. The van der Waals surface area contributed by atoms with Gasteiger partial charge in [-0.15, -0.1) is 5.26 Å². The largest absolute Gasteiger partial charge is 0.416 e. The number of aromatic nitrogens is 4. The Bertz CT molecular complexity index is 3360. The van der Waals surface area contributed by atoms with E-state index in [2.05, 4.69) is 29.5 Å². The topological polar surface area (TPSA) is 187 Å². The summed E-state index contributed by atoms with van der Waals surface area (Å²) in [5.74, 6) is 1.29. The molecule has 76 heavy (non-hydrogen) atoms. The van der Waals surface area contributed by atoms with Crippen molar-refractivity contribution in [3.8, 4) is 12.0 Å². The monoisotopic (exact) mass is 1040 g/mol. The van der Waals surface area contributed by atoms with Crippen LogP contribution < -0.4 is 20.3 Å². The Morgan fingerprint density at radius 3 is 1.33 bits per heavy atom. The molecule has 2 fully saturated rings. The highest BCUT2D eigenvalue weighted by Gasteiger charge is 2.31. The van der Waals surface area contributed by atoms with Crippen LogP contribution in [0.3, 0.4) is 0 Å². The molecule has 10 rings (SSSR count). The van der Waals surface area contributed by atoms with Crippen LogP contribution in [0.2, 0.25) is 0 Å². The van der Waals surface area contributed by atoms with Crippen molar-refractivity contribution in [2.24, 2.45) is 0 Å². The molecule has 0 radical (unpaired) electrons. The third kappa shape index (κ3) is 14.1. The Morgan fingerprint density at radius 1 is 0.539 bits per heavy atom. The number of hydrogen-bond acceptors (Lipinski definition) is 14. The maximum Gasteiger partial charge on any atom is 0.416 e. The third-order valence-corrected chi connectivity index (χ3v) is 12.1. The number of morpholine rings is 2. The molecule has 0 bridgehead atoms. The van der Waals surface area contributed by atoms with E-state index in [0.717, 1.165) is 85.3 Å². The van der Waals surface area contributed by atoms with E-state index in [4.69, 9.17) is 25.5 Å². The number of fused-ring (bicyclic) bond motifs is 2. The number of ketones is 3. The Hall–Kier alpha value is -8.80. The average molecular weight is 1040 g/mol. The first-order chi connectivity index (χ1) is 36.5. The molecule has 2 N–H and O–H groups in total. The number of nitrogens with zero attached hydrogens (tertiary/aromatic N) is 7. The SMILES string of the molecule is N#COc1ccc(C(F)(F)F)cc1.Nc1ccc(C(=O)c2ccc3ncc(N4CCOCC4)nc3c2)cc1.O=C(Cc1ccc(C(=O)c2ccc3ncc(N4CCOCC4)nc3c2)cc1)Cc1ccc(C(F)(F)F)cc1. The lowest BCUT2D eigenvalue weighted by molar-refractivity contribution is -0.138. The van der Waals surface area contributed by atoms with Crippen LogP contribution in [0, 0.1) is 11.5 Å². The first kappa shape index (κ1) is 53.5. The highest BCUT2D eigenvalue weighted by Crippen LogP contribution is 2.31. The van der Waals surface area contributed by atoms with E-state index in [1.807, 2.05) is 6.07 Å². The standard InChI is InChI=1S/C29H24F3N3O3.C19H18N4O2.C8H4F3NO/c30-29(31,32)23-8-3-20(4-9-23)16-24(36)15-19-1-5-21(6-2-19)28(37)22-7-10-25-26(17-22)34-27(18-33-25)35-11-13-38-14-12-35;20-15-4-1-13(2-5-15)19(24)14-3-6-16-17(11-14)22-18(12-21-16)23-7-9-25-10-8-23;9-8(10,11)6-1-3-7(4-2-6)13-5-12/h1-10,17-18H,11-16H2;1-6,11-12H,7-10,20H2;1-4H. The zero-order valence-electron chi connectivity index (χ0n) is 40.4. The number of alkyl halides is 6. The van der Waals surface area contributed by atoms with Crippen molar-refractivity contribution in [1.29, 1.82) is 5.26 Å². The molecule has 0 aliphatic carbocycles. The fourth-order valence-corrected chi connectivity index (χ4v) is 8.01. The second-order valence-electron chi connectivity index (χ2n) is 17.3. The number of carbonyl (C=O) groups is 3.